The van der Waals surface area contributed by atoms with Crippen molar-refractivity contribution in [3.05, 3.63) is 42.2 Å². The molecule has 31 heavy (non-hydrogen) atoms. The number of tetrazole rings is 1. The number of anilines is 3. The van der Waals surface area contributed by atoms with Crippen LogP contribution in [0.3, 0.4) is 0 Å². The number of hydrogen-bond donors (Lipinski definition) is 3. The number of hydrogen-bond acceptors (Lipinski definition) is 8. The fraction of sp³-hybridized carbons (Fsp3) is 0.381. The van der Waals surface area contributed by atoms with E-state index in [9.17, 15) is 0 Å². The van der Waals surface area contributed by atoms with Crippen molar-refractivity contribution >= 4 is 22.8 Å². The molecular formula is C21H26N10. The van der Waals surface area contributed by atoms with Crippen LogP contribution < -0.4 is 16.8 Å². The second kappa shape index (κ2) is 7.95. The largest absolute Gasteiger partial charge is 0.382 e. The smallest absolute Gasteiger partial charge is 0.204 e. The lowest BCUT2D eigenvalue weighted by atomic mass is 9.81. The van der Waals surface area contributed by atoms with Gasteiger partial charge in [-0.1, -0.05) is 0 Å². The number of rotatable bonds is 5. The average Bonchev–Trinajstić information content (AvgIpc) is 3.45. The molecule has 5 rings (SSSR count). The van der Waals surface area contributed by atoms with E-state index in [1.807, 2.05) is 37.4 Å². The molecule has 1 aromatic carbocycles. The predicted molar refractivity (Wildman–Crippen MR) is 119 cm³/mol. The van der Waals surface area contributed by atoms with Crippen LogP contribution in [0.4, 0.5) is 17.2 Å². The summed E-state index contributed by atoms with van der Waals surface area (Å²) in [6.45, 7) is 2.66. The molecule has 160 valence electrons. The van der Waals surface area contributed by atoms with Crippen LogP contribution in [0.5, 0.6) is 0 Å². The summed E-state index contributed by atoms with van der Waals surface area (Å²) in [6.07, 6.45) is 7.52. The molecule has 0 spiro atoms. The Morgan fingerprint density at radius 1 is 1.10 bits per heavy atom. The normalized spacial score (nSPS) is 19.0. The van der Waals surface area contributed by atoms with Gasteiger partial charge < -0.3 is 16.8 Å². The molecule has 1 saturated carbocycles. The van der Waals surface area contributed by atoms with Gasteiger partial charge in [0.1, 0.15) is 5.82 Å². The molecule has 1 fully saturated rings. The van der Waals surface area contributed by atoms with Gasteiger partial charge in [-0.15, -0.1) is 15.3 Å². The third-order valence-electron chi connectivity index (χ3n) is 5.93. The van der Waals surface area contributed by atoms with Crippen molar-refractivity contribution in [1.82, 2.24) is 34.8 Å². The molecule has 3 aromatic heterocycles. The van der Waals surface area contributed by atoms with Crippen LogP contribution in [0.15, 0.2) is 36.7 Å². The number of nitrogens with zero attached hydrogens (tertiary/aromatic N) is 7. The molecule has 0 saturated heterocycles. The van der Waals surface area contributed by atoms with E-state index in [1.54, 1.807) is 15.5 Å². The lowest BCUT2D eigenvalue weighted by Crippen LogP contribution is -2.26. The van der Waals surface area contributed by atoms with Gasteiger partial charge in [0.05, 0.1) is 12.2 Å². The molecule has 0 aliphatic heterocycles. The Kier molecular flexibility index (Phi) is 4.99. The molecular weight excluding hydrogens is 392 g/mol. The zero-order chi connectivity index (χ0) is 21.4. The molecule has 10 heteroatoms. The highest BCUT2D eigenvalue weighted by Gasteiger charge is 2.27. The SMILES string of the molecule is CCn1nnc(-c2ccc(Nc3c4nccn4nc(N)c3[C@H]3CC[C@H](N)CC3)cc2)n1. The number of benzene rings is 1. The average molecular weight is 419 g/mol. The van der Waals surface area contributed by atoms with Gasteiger partial charge in [0.15, 0.2) is 5.65 Å². The van der Waals surface area contributed by atoms with Gasteiger partial charge in [0, 0.05) is 35.2 Å². The molecule has 0 amide bonds. The van der Waals surface area contributed by atoms with Crippen molar-refractivity contribution in [1.29, 1.82) is 0 Å². The van der Waals surface area contributed by atoms with Crippen molar-refractivity contribution in [3.8, 4) is 11.4 Å². The van der Waals surface area contributed by atoms with E-state index in [0.717, 1.165) is 53.8 Å². The molecule has 10 nitrogen and oxygen atoms in total. The second-order valence-corrected chi connectivity index (χ2v) is 7.98. The number of nitrogens with two attached hydrogens (primary N) is 2. The Morgan fingerprint density at radius 3 is 2.58 bits per heavy atom. The molecule has 0 bridgehead atoms. The van der Waals surface area contributed by atoms with Gasteiger partial charge in [-0.2, -0.15) is 4.80 Å². The van der Waals surface area contributed by atoms with Crippen LogP contribution in [-0.4, -0.2) is 40.8 Å². The van der Waals surface area contributed by atoms with Gasteiger partial charge in [-0.3, -0.25) is 0 Å². The van der Waals surface area contributed by atoms with E-state index in [-0.39, 0.29) is 6.04 Å². The number of nitrogens with one attached hydrogen (secondary N) is 1. The Bertz CT molecular complexity index is 1180. The summed E-state index contributed by atoms with van der Waals surface area (Å²) in [5, 5.41) is 20.6. The van der Waals surface area contributed by atoms with Gasteiger partial charge in [-0.25, -0.2) is 9.50 Å². The molecule has 0 atom stereocenters. The van der Waals surface area contributed by atoms with Crippen LogP contribution in [0.25, 0.3) is 17.0 Å². The fourth-order valence-electron chi connectivity index (χ4n) is 4.26. The first kappa shape index (κ1) is 19.4. The van der Waals surface area contributed by atoms with Gasteiger partial charge in [-0.05, 0) is 68.0 Å². The molecule has 4 aromatic rings. The van der Waals surface area contributed by atoms with Crippen molar-refractivity contribution in [2.45, 2.75) is 51.1 Å². The summed E-state index contributed by atoms with van der Waals surface area (Å²) in [4.78, 5) is 6.10. The lowest BCUT2D eigenvalue weighted by Gasteiger charge is -2.28. The maximum absolute atomic E-state index is 6.42. The Morgan fingerprint density at radius 2 is 1.87 bits per heavy atom. The topological polar surface area (TPSA) is 138 Å². The third-order valence-corrected chi connectivity index (χ3v) is 5.93. The summed E-state index contributed by atoms with van der Waals surface area (Å²) in [7, 11) is 0. The zero-order valence-corrected chi connectivity index (χ0v) is 17.4. The van der Waals surface area contributed by atoms with Crippen LogP contribution in [0.1, 0.15) is 44.1 Å². The monoisotopic (exact) mass is 418 g/mol. The maximum Gasteiger partial charge on any atom is 0.204 e. The molecule has 1 aliphatic carbocycles. The minimum atomic E-state index is 0.267. The number of aromatic nitrogens is 7. The van der Waals surface area contributed by atoms with Crippen LogP contribution in [0.2, 0.25) is 0 Å². The Hall–Kier alpha value is -3.53. The maximum atomic E-state index is 6.42. The van der Waals surface area contributed by atoms with Crippen LogP contribution in [0, 0.1) is 0 Å². The molecule has 0 unspecified atom stereocenters. The predicted octanol–water partition coefficient (Wildman–Crippen LogP) is 2.71. The van der Waals surface area contributed by atoms with Crippen LogP contribution >= 0.6 is 0 Å². The molecule has 5 N–H and O–H groups in total. The summed E-state index contributed by atoms with van der Waals surface area (Å²) in [6, 6.07) is 8.22. The van der Waals surface area contributed by atoms with Crippen molar-refractivity contribution in [3.63, 3.8) is 0 Å². The number of aryl methyl sites for hydroxylation is 1. The van der Waals surface area contributed by atoms with E-state index in [0.29, 0.717) is 24.1 Å². The third kappa shape index (κ3) is 3.70. The fourth-order valence-corrected chi connectivity index (χ4v) is 4.26. The molecule has 0 radical (unpaired) electrons. The molecule has 1 aliphatic rings. The summed E-state index contributed by atoms with van der Waals surface area (Å²) in [5.41, 5.74) is 17.1. The second-order valence-electron chi connectivity index (χ2n) is 7.98. The first-order chi connectivity index (χ1) is 15.1. The first-order valence-electron chi connectivity index (χ1n) is 10.7. The minimum Gasteiger partial charge on any atom is -0.382 e. The number of nitrogen functional groups attached to an aromatic ring is 1. The van der Waals surface area contributed by atoms with Crippen molar-refractivity contribution < 1.29 is 0 Å². The van der Waals surface area contributed by atoms with Gasteiger partial charge in [0.2, 0.25) is 5.82 Å². The highest BCUT2D eigenvalue weighted by Crippen LogP contribution is 2.41. The number of imidazole rings is 1. The van der Waals surface area contributed by atoms with E-state index in [4.69, 9.17) is 11.5 Å². The first-order valence-corrected chi connectivity index (χ1v) is 10.7. The van der Waals surface area contributed by atoms with E-state index in [2.05, 4.69) is 30.8 Å². The van der Waals surface area contributed by atoms with Gasteiger partial charge in [0.25, 0.3) is 0 Å². The standard InChI is InChI=1S/C21H26N10/c1-2-31-28-20(26-29-31)14-5-9-16(10-6-14)25-18-17(13-3-7-15(22)8-4-13)19(23)27-30-12-11-24-21(18)30/h5-6,9-13,15,25H,2-4,7-8,22H2,1H3,(H2,23,27)/t13-,15-. The van der Waals surface area contributed by atoms with E-state index < -0.39 is 0 Å². The highest BCUT2D eigenvalue weighted by atomic mass is 15.6. The van der Waals surface area contributed by atoms with Gasteiger partial charge >= 0.3 is 0 Å². The lowest BCUT2D eigenvalue weighted by molar-refractivity contribution is 0.396. The summed E-state index contributed by atoms with van der Waals surface area (Å²) >= 11 is 0. The summed E-state index contributed by atoms with van der Waals surface area (Å²) < 4.78 is 1.72. The minimum absolute atomic E-state index is 0.267. The molecule has 3 heterocycles. The Labute approximate surface area is 179 Å². The van der Waals surface area contributed by atoms with E-state index in [1.165, 1.54) is 0 Å². The number of fused-ring (bicyclic) bond motifs is 1. The van der Waals surface area contributed by atoms with Crippen LogP contribution in [-0.2, 0) is 6.54 Å². The van der Waals surface area contributed by atoms with E-state index >= 15 is 0 Å². The van der Waals surface area contributed by atoms with Crippen molar-refractivity contribution in [2.75, 3.05) is 11.1 Å². The quantitative estimate of drug-likeness (QED) is 0.450. The summed E-state index contributed by atoms with van der Waals surface area (Å²) in [5.74, 6) is 1.45. The van der Waals surface area contributed by atoms with Crippen molar-refractivity contribution in [2.24, 2.45) is 5.73 Å². The Balaban J connectivity index is 1.49. The zero-order valence-electron chi connectivity index (χ0n) is 17.4. The highest BCUT2D eigenvalue weighted by molar-refractivity contribution is 5.81.